The molecule has 0 radical (unpaired) electrons. The number of anilines is 1. The van der Waals surface area contributed by atoms with Crippen LogP contribution in [0.3, 0.4) is 0 Å². The lowest BCUT2D eigenvalue weighted by Gasteiger charge is -2.26. The second kappa shape index (κ2) is 8.10. The molecule has 148 valence electrons. The van der Waals surface area contributed by atoms with Crippen molar-refractivity contribution in [1.82, 2.24) is 9.47 Å². The molecule has 2 aliphatic heterocycles. The molecule has 3 heterocycles. The summed E-state index contributed by atoms with van der Waals surface area (Å²) in [4.78, 5) is 30.1. The Labute approximate surface area is 174 Å². The molecule has 28 heavy (non-hydrogen) atoms. The summed E-state index contributed by atoms with van der Waals surface area (Å²) in [6.07, 6.45) is 3.94. The van der Waals surface area contributed by atoms with Gasteiger partial charge in [0.25, 0.3) is 11.5 Å². The van der Waals surface area contributed by atoms with Crippen LogP contribution in [0, 0.1) is 18.3 Å². The lowest BCUT2D eigenvalue weighted by atomic mass is 10.0. The molecule has 0 N–H and O–H groups in total. The van der Waals surface area contributed by atoms with Crippen LogP contribution in [0.4, 0.5) is 5.82 Å². The zero-order valence-corrected chi connectivity index (χ0v) is 18.2. The molecule has 8 heteroatoms. The van der Waals surface area contributed by atoms with Crippen LogP contribution in [0.5, 0.6) is 0 Å². The second-order valence-electron chi connectivity index (χ2n) is 7.24. The molecule has 0 saturated carbocycles. The molecule has 1 amide bonds. The van der Waals surface area contributed by atoms with Crippen molar-refractivity contribution in [3.63, 3.8) is 0 Å². The van der Waals surface area contributed by atoms with Crippen molar-refractivity contribution in [2.24, 2.45) is 0 Å². The van der Waals surface area contributed by atoms with Crippen LogP contribution in [0.1, 0.15) is 50.3 Å². The van der Waals surface area contributed by atoms with E-state index in [2.05, 4.69) is 11.0 Å². The maximum absolute atomic E-state index is 12.9. The quantitative estimate of drug-likeness (QED) is 0.554. The minimum Gasteiger partial charge on any atom is -0.357 e. The molecule has 3 rings (SSSR count). The van der Waals surface area contributed by atoms with Gasteiger partial charge in [-0.3, -0.25) is 19.1 Å². The molecule has 0 atom stereocenters. The number of carbonyl (C=O) groups excluding carboxylic acids is 1. The maximum Gasteiger partial charge on any atom is 0.270 e. The van der Waals surface area contributed by atoms with Crippen molar-refractivity contribution in [3.8, 4) is 6.07 Å². The third-order valence-corrected chi connectivity index (χ3v) is 6.51. The zero-order chi connectivity index (χ0) is 20.6. The molecule has 2 saturated heterocycles. The third kappa shape index (κ3) is 3.38. The average Bonchev–Trinajstić information content (AvgIpc) is 3.25. The van der Waals surface area contributed by atoms with Gasteiger partial charge in [-0.2, -0.15) is 5.26 Å². The Kier molecular flexibility index (Phi) is 5.96. The number of nitrogens with zero attached hydrogens (tertiary/aromatic N) is 4. The maximum atomic E-state index is 12.9. The highest BCUT2D eigenvalue weighted by Gasteiger charge is 2.34. The highest BCUT2D eigenvalue weighted by Crippen LogP contribution is 2.37. The van der Waals surface area contributed by atoms with Crippen molar-refractivity contribution in [2.45, 2.75) is 53.1 Å². The summed E-state index contributed by atoms with van der Waals surface area (Å²) < 4.78 is 2.20. The molecule has 0 spiro atoms. The van der Waals surface area contributed by atoms with E-state index in [1.807, 2.05) is 26.8 Å². The SMILES string of the molecule is CCn1c(N2CCCC2)c(/C=C2/SC(=S)N(C(C)C)C2=O)c(C)c(C#N)c1=O. The van der Waals surface area contributed by atoms with Gasteiger partial charge >= 0.3 is 0 Å². The summed E-state index contributed by atoms with van der Waals surface area (Å²) in [5.74, 6) is 0.681. The molecule has 2 fully saturated rings. The Morgan fingerprint density at radius 2 is 1.93 bits per heavy atom. The zero-order valence-electron chi connectivity index (χ0n) is 16.6. The average molecular weight is 417 g/mol. The first-order chi connectivity index (χ1) is 13.3. The highest BCUT2D eigenvalue weighted by atomic mass is 32.2. The summed E-state index contributed by atoms with van der Waals surface area (Å²) in [6.45, 7) is 9.73. The first-order valence-electron chi connectivity index (χ1n) is 9.51. The van der Waals surface area contributed by atoms with E-state index in [1.54, 1.807) is 16.4 Å². The van der Waals surface area contributed by atoms with Gasteiger partial charge in [-0.05, 0) is 52.2 Å². The monoisotopic (exact) mass is 416 g/mol. The number of aromatic nitrogens is 1. The predicted molar refractivity (Wildman–Crippen MR) is 117 cm³/mol. The van der Waals surface area contributed by atoms with E-state index in [0.29, 0.717) is 21.3 Å². The molecule has 0 aromatic carbocycles. The van der Waals surface area contributed by atoms with E-state index in [-0.39, 0.29) is 23.1 Å². The van der Waals surface area contributed by atoms with Crippen molar-refractivity contribution in [3.05, 3.63) is 31.9 Å². The molecule has 2 aliphatic rings. The van der Waals surface area contributed by atoms with Gasteiger partial charge in [-0.15, -0.1) is 0 Å². The standard InChI is InChI=1S/C20H24N4O2S2/c1-5-23-17(22-8-6-7-9-22)14(13(4)15(11-21)18(23)25)10-16-19(26)24(12(2)3)20(27)28-16/h10,12H,5-9H2,1-4H3/b16-10+. The summed E-state index contributed by atoms with van der Waals surface area (Å²) in [5.41, 5.74) is 1.25. The van der Waals surface area contributed by atoms with E-state index in [1.165, 1.54) is 11.8 Å². The molecule has 1 aromatic heterocycles. The third-order valence-electron chi connectivity index (χ3n) is 5.18. The minimum atomic E-state index is -0.267. The number of hydrogen-bond donors (Lipinski definition) is 0. The molecular formula is C20H24N4O2S2. The van der Waals surface area contributed by atoms with E-state index in [9.17, 15) is 14.9 Å². The molecular weight excluding hydrogens is 392 g/mol. The Hall–Kier alpha value is -2.11. The Morgan fingerprint density at radius 1 is 1.29 bits per heavy atom. The van der Waals surface area contributed by atoms with Crippen molar-refractivity contribution < 1.29 is 4.79 Å². The summed E-state index contributed by atoms with van der Waals surface area (Å²) >= 11 is 6.66. The van der Waals surface area contributed by atoms with Crippen LogP contribution < -0.4 is 10.5 Å². The van der Waals surface area contributed by atoms with Gasteiger partial charge in [0.2, 0.25) is 0 Å². The number of pyridine rings is 1. The number of hydrogen-bond acceptors (Lipinski definition) is 6. The van der Waals surface area contributed by atoms with Gasteiger partial charge in [0.15, 0.2) is 0 Å². The normalized spacial score (nSPS) is 18.6. The Balaban J connectivity index is 2.25. The largest absolute Gasteiger partial charge is 0.357 e. The van der Waals surface area contributed by atoms with Crippen molar-refractivity contribution in [2.75, 3.05) is 18.0 Å². The first kappa shape index (κ1) is 20.6. The van der Waals surface area contributed by atoms with Crippen LogP contribution in [0.25, 0.3) is 6.08 Å². The van der Waals surface area contributed by atoms with Gasteiger partial charge in [0, 0.05) is 31.2 Å². The number of carbonyl (C=O) groups is 1. The molecule has 0 aliphatic carbocycles. The smallest absolute Gasteiger partial charge is 0.270 e. The van der Waals surface area contributed by atoms with E-state index in [0.717, 1.165) is 37.3 Å². The molecule has 6 nitrogen and oxygen atoms in total. The van der Waals surface area contributed by atoms with Crippen LogP contribution in [-0.2, 0) is 11.3 Å². The van der Waals surface area contributed by atoms with E-state index in [4.69, 9.17) is 12.2 Å². The molecule has 0 bridgehead atoms. The second-order valence-corrected chi connectivity index (χ2v) is 8.91. The Bertz CT molecular complexity index is 966. The van der Waals surface area contributed by atoms with Gasteiger partial charge < -0.3 is 4.90 Å². The number of thiocarbonyl (C=S) groups is 1. The van der Waals surface area contributed by atoms with Gasteiger partial charge in [0.05, 0.1) is 4.91 Å². The minimum absolute atomic E-state index is 0.0168. The highest BCUT2D eigenvalue weighted by molar-refractivity contribution is 8.26. The van der Waals surface area contributed by atoms with E-state index < -0.39 is 0 Å². The van der Waals surface area contributed by atoms with Crippen molar-refractivity contribution >= 4 is 46.1 Å². The predicted octanol–water partition coefficient (Wildman–Crippen LogP) is 3.26. The van der Waals surface area contributed by atoms with Gasteiger partial charge in [0.1, 0.15) is 21.8 Å². The van der Waals surface area contributed by atoms with Gasteiger partial charge in [-0.1, -0.05) is 24.0 Å². The first-order valence-corrected chi connectivity index (χ1v) is 10.7. The van der Waals surface area contributed by atoms with Crippen LogP contribution in [-0.4, -0.2) is 38.8 Å². The lowest BCUT2D eigenvalue weighted by Crippen LogP contribution is -2.34. The fraction of sp³-hybridized carbons (Fsp3) is 0.500. The molecule has 0 unspecified atom stereocenters. The van der Waals surface area contributed by atoms with Gasteiger partial charge in [-0.25, -0.2) is 0 Å². The topological polar surface area (TPSA) is 69.3 Å². The summed E-state index contributed by atoms with van der Waals surface area (Å²) in [5, 5.41) is 9.57. The fourth-order valence-electron chi connectivity index (χ4n) is 3.76. The lowest BCUT2D eigenvalue weighted by molar-refractivity contribution is -0.123. The number of nitriles is 1. The fourth-order valence-corrected chi connectivity index (χ4v) is 5.27. The number of thioether (sulfide) groups is 1. The van der Waals surface area contributed by atoms with Crippen LogP contribution in [0.15, 0.2) is 9.70 Å². The van der Waals surface area contributed by atoms with Crippen LogP contribution >= 0.6 is 24.0 Å². The molecule has 1 aromatic rings. The van der Waals surface area contributed by atoms with Crippen molar-refractivity contribution in [1.29, 1.82) is 5.26 Å². The summed E-state index contributed by atoms with van der Waals surface area (Å²) in [6, 6.07) is 2.04. The van der Waals surface area contributed by atoms with E-state index >= 15 is 0 Å². The Morgan fingerprint density at radius 3 is 2.43 bits per heavy atom. The number of amides is 1. The van der Waals surface area contributed by atoms with Crippen LogP contribution in [0.2, 0.25) is 0 Å². The summed E-state index contributed by atoms with van der Waals surface area (Å²) in [7, 11) is 0. The number of rotatable bonds is 4.